The molecule has 0 amide bonds. The van der Waals surface area contributed by atoms with Crippen molar-refractivity contribution >= 4 is 18.4 Å². The van der Waals surface area contributed by atoms with Crippen LogP contribution < -0.4 is 5.73 Å². The van der Waals surface area contributed by atoms with Gasteiger partial charge in [0.2, 0.25) is 0 Å². The third kappa shape index (κ3) is 1.42. The molecule has 1 heterocycles. The molecule has 0 spiro atoms. The minimum absolute atomic E-state index is 0. The number of nitrogens with two attached hydrogens (primary N) is 1. The highest BCUT2D eigenvalue weighted by Crippen LogP contribution is 1.99. The van der Waals surface area contributed by atoms with Crippen molar-refractivity contribution in [2.24, 2.45) is 0 Å². The van der Waals surface area contributed by atoms with Gasteiger partial charge >= 0.3 is 0 Å². The van der Waals surface area contributed by atoms with Gasteiger partial charge in [0.1, 0.15) is 5.76 Å². The summed E-state index contributed by atoms with van der Waals surface area (Å²) in [5.41, 5.74) is 5.10. The molecule has 4 heteroatoms. The molecule has 0 aliphatic rings. The molecule has 46 valence electrons. The number of hydrogen-bond acceptors (Lipinski definition) is 3. The van der Waals surface area contributed by atoms with E-state index in [1.807, 2.05) is 0 Å². The van der Waals surface area contributed by atoms with E-state index in [9.17, 15) is 0 Å². The predicted octanol–water partition coefficient (Wildman–Crippen LogP) is 0.987. The number of rotatable bonds is 0. The lowest BCUT2D eigenvalue weighted by Crippen LogP contribution is -1.79. The third-order valence-electron chi connectivity index (χ3n) is 0.639. The second kappa shape index (κ2) is 2.57. The van der Waals surface area contributed by atoms with Gasteiger partial charge in [-0.05, 0) is 6.92 Å². The van der Waals surface area contributed by atoms with Crippen molar-refractivity contribution in [3.8, 4) is 0 Å². The van der Waals surface area contributed by atoms with Crippen molar-refractivity contribution in [1.82, 2.24) is 4.98 Å². The van der Waals surface area contributed by atoms with E-state index in [4.69, 9.17) is 10.2 Å². The van der Waals surface area contributed by atoms with Gasteiger partial charge in [0.15, 0.2) is 0 Å². The Hall–Kier alpha value is -0.700. The maximum Gasteiger partial charge on any atom is 0.292 e. The summed E-state index contributed by atoms with van der Waals surface area (Å²) in [6, 6.07) is 0.234. The fraction of sp³-hybridized carbons (Fsp3) is 0.250. The van der Waals surface area contributed by atoms with E-state index < -0.39 is 0 Å². The summed E-state index contributed by atoms with van der Waals surface area (Å²) in [6.07, 6.45) is 1.58. The van der Waals surface area contributed by atoms with Crippen molar-refractivity contribution in [2.75, 3.05) is 5.73 Å². The maximum absolute atomic E-state index is 5.10. The van der Waals surface area contributed by atoms with Crippen LogP contribution in [0.2, 0.25) is 0 Å². The summed E-state index contributed by atoms with van der Waals surface area (Å²) in [7, 11) is 0. The molecule has 0 saturated heterocycles. The summed E-state index contributed by atoms with van der Waals surface area (Å²) in [4.78, 5) is 3.63. The highest BCUT2D eigenvalue weighted by molar-refractivity contribution is 5.85. The van der Waals surface area contributed by atoms with E-state index >= 15 is 0 Å². The number of nitrogens with zero attached hydrogens (tertiary/aromatic N) is 1. The van der Waals surface area contributed by atoms with Gasteiger partial charge < -0.3 is 10.2 Å². The van der Waals surface area contributed by atoms with Gasteiger partial charge in [-0.1, -0.05) is 0 Å². The lowest BCUT2D eigenvalue weighted by Gasteiger charge is -1.73. The van der Waals surface area contributed by atoms with Crippen LogP contribution in [-0.4, -0.2) is 4.98 Å². The van der Waals surface area contributed by atoms with Crippen molar-refractivity contribution in [3.05, 3.63) is 12.0 Å². The van der Waals surface area contributed by atoms with E-state index in [1.165, 1.54) is 0 Å². The minimum atomic E-state index is 0. The summed E-state index contributed by atoms with van der Waals surface area (Å²) in [6.45, 7) is 1.80. The van der Waals surface area contributed by atoms with E-state index in [-0.39, 0.29) is 18.4 Å². The van der Waals surface area contributed by atoms with Crippen LogP contribution in [0.5, 0.6) is 0 Å². The van der Waals surface area contributed by atoms with Crippen molar-refractivity contribution in [3.63, 3.8) is 0 Å². The highest BCUT2D eigenvalue weighted by atomic mass is 35.5. The van der Waals surface area contributed by atoms with Crippen LogP contribution in [0.1, 0.15) is 5.76 Å². The molecule has 1 rings (SSSR count). The van der Waals surface area contributed by atoms with Crippen LogP contribution in [0.4, 0.5) is 6.01 Å². The van der Waals surface area contributed by atoms with Gasteiger partial charge in [-0.25, -0.2) is 4.98 Å². The molecule has 1 aromatic heterocycles. The quantitative estimate of drug-likeness (QED) is 0.576. The highest BCUT2D eigenvalue weighted by Gasteiger charge is 1.88. The summed E-state index contributed by atoms with van der Waals surface area (Å²) in [5.74, 6) is 0.748. The minimum Gasteiger partial charge on any atom is -0.429 e. The third-order valence-corrected chi connectivity index (χ3v) is 0.639. The Kier molecular flexibility index (Phi) is 2.34. The Morgan fingerprint density at radius 2 is 2.38 bits per heavy atom. The molecule has 0 atom stereocenters. The molecule has 0 radical (unpaired) electrons. The van der Waals surface area contributed by atoms with E-state index in [1.54, 1.807) is 13.1 Å². The zero-order valence-corrected chi connectivity index (χ0v) is 5.23. The van der Waals surface area contributed by atoms with Gasteiger partial charge in [0, 0.05) is 0 Å². The molecule has 0 bridgehead atoms. The number of hydrogen-bond donors (Lipinski definition) is 1. The standard InChI is InChI=1S/C4H6N2O.ClH/c1-3-2-6-4(5)7-3;/h2H,1H3,(H2,5,6);1H. The molecule has 1 aromatic rings. The molecule has 0 aromatic carbocycles. The Morgan fingerprint density at radius 3 is 2.50 bits per heavy atom. The van der Waals surface area contributed by atoms with Gasteiger partial charge in [0.05, 0.1) is 6.20 Å². The Labute approximate surface area is 53.3 Å². The zero-order chi connectivity index (χ0) is 5.28. The first-order valence-electron chi connectivity index (χ1n) is 1.97. The molecule has 0 unspecified atom stereocenters. The van der Waals surface area contributed by atoms with Crippen molar-refractivity contribution in [2.45, 2.75) is 6.92 Å². The van der Waals surface area contributed by atoms with Crippen LogP contribution in [0.15, 0.2) is 10.6 Å². The Bertz CT molecular complexity index is 146. The number of oxazole rings is 1. The normalized spacial score (nSPS) is 8.12. The van der Waals surface area contributed by atoms with Crippen LogP contribution in [0.3, 0.4) is 0 Å². The number of aryl methyl sites for hydroxylation is 1. The first-order valence-corrected chi connectivity index (χ1v) is 1.97. The second-order valence-corrected chi connectivity index (χ2v) is 1.31. The maximum atomic E-state index is 5.10. The van der Waals surface area contributed by atoms with Gasteiger partial charge in [-0.3, -0.25) is 0 Å². The average molecular weight is 135 g/mol. The fourth-order valence-corrected chi connectivity index (χ4v) is 0.372. The molecule has 0 aliphatic carbocycles. The van der Waals surface area contributed by atoms with Crippen LogP contribution in [0, 0.1) is 6.92 Å². The molecule has 2 N–H and O–H groups in total. The first-order chi connectivity index (χ1) is 3.29. The predicted molar refractivity (Wildman–Crippen MR) is 32.9 cm³/mol. The number of aromatic nitrogens is 1. The van der Waals surface area contributed by atoms with E-state index in [2.05, 4.69) is 4.98 Å². The van der Waals surface area contributed by atoms with Gasteiger partial charge in [0.25, 0.3) is 6.01 Å². The van der Waals surface area contributed by atoms with E-state index in [0.29, 0.717) is 0 Å². The largest absolute Gasteiger partial charge is 0.429 e. The van der Waals surface area contributed by atoms with Crippen LogP contribution >= 0.6 is 12.4 Å². The SMILES string of the molecule is Cc1cnc(N)o1.Cl. The molecule has 0 saturated carbocycles. The first kappa shape index (κ1) is 7.30. The lowest BCUT2D eigenvalue weighted by molar-refractivity contribution is 0.548. The fourth-order valence-electron chi connectivity index (χ4n) is 0.372. The summed E-state index contributed by atoms with van der Waals surface area (Å²) in [5, 5.41) is 0. The van der Waals surface area contributed by atoms with Crippen molar-refractivity contribution in [1.29, 1.82) is 0 Å². The molecule has 0 aliphatic heterocycles. The van der Waals surface area contributed by atoms with Crippen LogP contribution in [-0.2, 0) is 0 Å². The number of nitrogen functional groups attached to an aromatic ring is 1. The van der Waals surface area contributed by atoms with Gasteiger partial charge in [-0.15, -0.1) is 12.4 Å². The second-order valence-electron chi connectivity index (χ2n) is 1.31. The average Bonchev–Trinajstić information content (AvgIpc) is 1.87. The topological polar surface area (TPSA) is 52.0 Å². The van der Waals surface area contributed by atoms with Gasteiger partial charge in [-0.2, -0.15) is 0 Å². The summed E-state index contributed by atoms with van der Waals surface area (Å²) >= 11 is 0. The van der Waals surface area contributed by atoms with E-state index in [0.717, 1.165) is 5.76 Å². The molecule has 3 nitrogen and oxygen atoms in total. The molecule has 8 heavy (non-hydrogen) atoms. The Balaban J connectivity index is 0.000000490. The summed E-state index contributed by atoms with van der Waals surface area (Å²) < 4.78 is 4.75. The Morgan fingerprint density at radius 1 is 1.75 bits per heavy atom. The number of anilines is 1. The smallest absolute Gasteiger partial charge is 0.292 e. The molecular weight excluding hydrogens is 128 g/mol. The monoisotopic (exact) mass is 134 g/mol. The van der Waals surface area contributed by atoms with Crippen molar-refractivity contribution < 1.29 is 4.42 Å². The lowest BCUT2D eigenvalue weighted by atomic mass is 10.6. The molecule has 0 fully saturated rings. The zero-order valence-electron chi connectivity index (χ0n) is 4.42. The van der Waals surface area contributed by atoms with Crippen LogP contribution in [0.25, 0.3) is 0 Å². The molecular formula is C4H7ClN2O. The number of halogens is 1.